The van der Waals surface area contributed by atoms with E-state index in [1.165, 1.54) is 6.92 Å². The number of aliphatic carboxylic acids is 1. The molecule has 7 N–H and O–H groups in total. The second-order valence-corrected chi connectivity index (χ2v) is 6.15. The third-order valence-electron chi connectivity index (χ3n) is 3.38. The van der Waals surface area contributed by atoms with Gasteiger partial charge in [0.25, 0.3) is 0 Å². The van der Waals surface area contributed by atoms with Crippen molar-refractivity contribution in [3.05, 3.63) is 0 Å². The molecule has 0 aromatic rings. The van der Waals surface area contributed by atoms with Crippen molar-refractivity contribution in [3.63, 3.8) is 0 Å². The van der Waals surface area contributed by atoms with Crippen molar-refractivity contribution in [1.82, 2.24) is 10.6 Å². The van der Waals surface area contributed by atoms with E-state index in [0.29, 0.717) is 19.4 Å². The summed E-state index contributed by atoms with van der Waals surface area (Å²) >= 11 is 0. The van der Waals surface area contributed by atoms with Crippen LogP contribution in [0.4, 0.5) is 0 Å². The summed E-state index contributed by atoms with van der Waals surface area (Å²) in [6.07, 6.45) is 2.33. The van der Waals surface area contributed by atoms with E-state index in [0.717, 1.165) is 12.8 Å². The molecule has 0 aliphatic heterocycles. The van der Waals surface area contributed by atoms with E-state index in [4.69, 9.17) is 16.6 Å². The highest BCUT2D eigenvalue weighted by molar-refractivity contribution is 5.91. The zero-order valence-corrected chi connectivity index (χ0v) is 14.2. The van der Waals surface area contributed by atoms with Gasteiger partial charge in [0.05, 0.1) is 6.04 Å². The number of hydrogen-bond acceptors (Lipinski definition) is 5. The van der Waals surface area contributed by atoms with Crippen molar-refractivity contribution in [2.24, 2.45) is 17.4 Å². The Morgan fingerprint density at radius 3 is 2.13 bits per heavy atom. The molecular formula is C15H30N4O4. The highest BCUT2D eigenvalue weighted by Gasteiger charge is 2.25. The van der Waals surface area contributed by atoms with Gasteiger partial charge in [0.1, 0.15) is 12.1 Å². The average Bonchev–Trinajstić information content (AvgIpc) is 2.45. The van der Waals surface area contributed by atoms with E-state index in [2.05, 4.69) is 10.6 Å². The molecule has 0 aliphatic rings. The first-order valence-electron chi connectivity index (χ1n) is 7.98. The maximum atomic E-state index is 12.0. The van der Waals surface area contributed by atoms with Crippen molar-refractivity contribution in [1.29, 1.82) is 0 Å². The molecule has 0 spiro atoms. The fraction of sp³-hybridized carbons (Fsp3) is 0.800. The third kappa shape index (κ3) is 9.14. The van der Waals surface area contributed by atoms with E-state index < -0.39 is 35.9 Å². The standard InChI is InChI=1S/C15H30N4O4/c1-9(2)8-12(15(22)23)19-13(20)10(3)18-14(21)11(17)6-4-5-7-16/h9-12H,4-8,16-17H2,1-3H3,(H,18,21)(H,19,20)(H,22,23). The number of carbonyl (C=O) groups excluding carboxylic acids is 2. The number of carboxylic acids is 1. The summed E-state index contributed by atoms with van der Waals surface area (Å²) in [5.74, 6) is -1.94. The van der Waals surface area contributed by atoms with E-state index in [9.17, 15) is 14.4 Å². The topological polar surface area (TPSA) is 148 Å². The molecule has 0 saturated carbocycles. The Hall–Kier alpha value is -1.67. The van der Waals surface area contributed by atoms with Crippen LogP contribution in [0.15, 0.2) is 0 Å². The van der Waals surface area contributed by atoms with Gasteiger partial charge < -0.3 is 27.2 Å². The largest absolute Gasteiger partial charge is 0.480 e. The molecule has 8 heteroatoms. The molecule has 2 amide bonds. The lowest BCUT2D eigenvalue weighted by molar-refractivity contribution is -0.142. The van der Waals surface area contributed by atoms with Crippen LogP contribution < -0.4 is 22.1 Å². The molecule has 0 radical (unpaired) electrons. The van der Waals surface area contributed by atoms with Gasteiger partial charge in [-0.25, -0.2) is 4.79 Å². The van der Waals surface area contributed by atoms with Crippen LogP contribution in [0.1, 0.15) is 46.5 Å². The van der Waals surface area contributed by atoms with Crippen LogP contribution in [0.3, 0.4) is 0 Å². The number of nitrogens with one attached hydrogen (secondary N) is 2. The Labute approximate surface area is 137 Å². The fourth-order valence-electron chi connectivity index (χ4n) is 2.02. The van der Waals surface area contributed by atoms with Gasteiger partial charge >= 0.3 is 5.97 Å². The van der Waals surface area contributed by atoms with Gasteiger partial charge in [-0.05, 0) is 38.6 Å². The lowest BCUT2D eigenvalue weighted by atomic mass is 10.0. The Morgan fingerprint density at radius 2 is 1.65 bits per heavy atom. The second kappa shape index (κ2) is 11.0. The van der Waals surface area contributed by atoms with Crippen LogP contribution in [0.5, 0.6) is 0 Å². The average molecular weight is 330 g/mol. The van der Waals surface area contributed by atoms with Gasteiger partial charge in [0.2, 0.25) is 11.8 Å². The number of unbranched alkanes of at least 4 members (excludes halogenated alkanes) is 1. The van der Waals surface area contributed by atoms with Crippen LogP contribution in [0.25, 0.3) is 0 Å². The van der Waals surface area contributed by atoms with E-state index in [-0.39, 0.29) is 5.92 Å². The zero-order chi connectivity index (χ0) is 18.0. The molecule has 3 unspecified atom stereocenters. The number of carbonyl (C=O) groups is 3. The summed E-state index contributed by atoms with van der Waals surface area (Å²) in [6, 6.07) is -2.53. The Kier molecular flexibility index (Phi) is 10.2. The van der Waals surface area contributed by atoms with Crippen LogP contribution in [-0.2, 0) is 14.4 Å². The monoisotopic (exact) mass is 330 g/mol. The summed E-state index contributed by atoms with van der Waals surface area (Å²) in [7, 11) is 0. The summed E-state index contributed by atoms with van der Waals surface area (Å²) in [6.45, 7) is 5.77. The van der Waals surface area contributed by atoms with Crippen molar-refractivity contribution < 1.29 is 19.5 Å². The lowest BCUT2D eigenvalue weighted by Gasteiger charge is -2.21. The summed E-state index contributed by atoms with van der Waals surface area (Å²) < 4.78 is 0. The SMILES string of the molecule is CC(C)CC(NC(=O)C(C)NC(=O)C(N)CCCCN)C(=O)O. The molecule has 0 aliphatic carbocycles. The maximum absolute atomic E-state index is 12.0. The number of amides is 2. The molecule has 0 heterocycles. The molecule has 8 nitrogen and oxygen atoms in total. The van der Waals surface area contributed by atoms with Crippen LogP contribution in [-0.4, -0.2) is 47.6 Å². The maximum Gasteiger partial charge on any atom is 0.326 e. The van der Waals surface area contributed by atoms with Gasteiger partial charge in [-0.15, -0.1) is 0 Å². The first kappa shape index (κ1) is 21.3. The van der Waals surface area contributed by atoms with Gasteiger partial charge in [-0.3, -0.25) is 9.59 Å². The number of nitrogens with two attached hydrogens (primary N) is 2. The van der Waals surface area contributed by atoms with Gasteiger partial charge in [-0.1, -0.05) is 20.3 Å². The fourth-order valence-corrected chi connectivity index (χ4v) is 2.02. The molecule has 0 fully saturated rings. The predicted octanol–water partition coefficient (Wildman–Crippen LogP) is -0.437. The first-order valence-corrected chi connectivity index (χ1v) is 7.98. The van der Waals surface area contributed by atoms with Crippen LogP contribution >= 0.6 is 0 Å². The third-order valence-corrected chi connectivity index (χ3v) is 3.38. The number of carboxylic acid groups (broad SMARTS) is 1. The number of hydrogen-bond donors (Lipinski definition) is 5. The molecule has 0 bridgehead atoms. The van der Waals surface area contributed by atoms with Gasteiger partial charge in [0.15, 0.2) is 0 Å². The molecule has 0 saturated heterocycles. The minimum Gasteiger partial charge on any atom is -0.480 e. The predicted molar refractivity (Wildman–Crippen MR) is 87.5 cm³/mol. The number of rotatable bonds is 11. The molecule has 0 rings (SSSR count). The Bertz CT molecular complexity index is 401. The normalized spacial score (nSPS) is 14.9. The summed E-state index contributed by atoms with van der Waals surface area (Å²) in [5, 5.41) is 14.0. The quantitative estimate of drug-likeness (QED) is 0.324. The van der Waals surface area contributed by atoms with E-state index in [1.54, 1.807) is 0 Å². The van der Waals surface area contributed by atoms with Gasteiger partial charge in [0, 0.05) is 0 Å². The summed E-state index contributed by atoms with van der Waals surface area (Å²) in [5.41, 5.74) is 11.1. The molecule has 134 valence electrons. The zero-order valence-electron chi connectivity index (χ0n) is 14.2. The lowest BCUT2D eigenvalue weighted by Crippen LogP contribution is -2.53. The smallest absolute Gasteiger partial charge is 0.326 e. The summed E-state index contributed by atoms with van der Waals surface area (Å²) in [4.78, 5) is 35.0. The highest BCUT2D eigenvalue weighted by atomic mass is 16.4. The van der Waals surface area contributed by atoms with Crippen molar-refractivity contribution >= 4 is 17.8 Å². The van der Waals surface area contributed by atoms with Crippen molar-refractivity contribution in [2.75, 3.05) is 6.54 Å². The molecular weight excluding hydrogens is 300 g/mol. The van der Waals surface area contributed by atoms with Crippen molar-refractivity contribution in [2.45, 2.75) is 64.6 Å². The van der Waals surface area contributed by atoms with E-state index in [1.807, 2.05) is 13.8 Å². The van der Waals surface area contributed by atoms with Crippen LogP contribution in [0.2, 0.25) is 0 Å². The first-order chi connectivity index (χ1) is 10.7. The minimum absolute atomic E-state index is 0.122. The highest BCUT2D eigenvalue weighted by Crippen LogP contribution is 2.05. The molecule has 0 aromatic heterocycles. The minimum atomic E-state index is -1.09. The molecule has 3 atom stereocenters. The second-order valence-electron chi connectivity index (χ2n) is 6.15. The van der Waals surface area contributed by atoms with E-state index >= 15 is 0 Å². The molecule has 0 aromatic carbocycles. The van der Waals surface area contributed by atoms with Crippen molar-refractivity contribution in [3.8, 4) is 0 Å². The van der Waals surface area contributed by atoms with Gasteiger partial charge in [-0.2, -0.15) is 0 Å². The molecule has 23 heavy (non-hydrogen) atoms. The van der Waals surface area contributed by atoms with Crippen LogP contribution in [0, 0.1) is 5.92 Å². The Morgan fingerprint density at radius 1 is 1.04 bits per heavy atom. The Balaban J connectivity index is 4.41.